The number of H-pyrrole nitrogens is 1. The summed E-state index contributed by atoms with van der Waals surface area (Å²) in [4.78, 5) is 15.3. The van der Waals surface area contributed by atoms with Crippen molar-refractivity contribution in [2.75, 3.05) is 5.75 Å². The van der Waals surface area contributed by atoms with E-state index in [1.54, 1.807) is 19.1 Å². The lowest BCUT2D eigenvalue weighted by Gasteiger charge is -2.12. The van der Waals surface area contributed by atoms with Crippen molar-refractivity contribution in [1.82, 2.24) is 4.98 Å². The summed E-state index contributed by atoms with van der Waals surface area (Å²) in [5, 5.41) is 10.3. The number of nitrogens with one attached hydrogen (secondary N) is 1. The molecule has 33 heavy (non-hydrogen) atoms. The van der Waals surface area contributed by atoms with Gasteiger partial charge in [0.15, 0.2) is 9.84 Å². The number of hydrogen-bond donors (Lipinski definition) is 2. The lowest BCUT2D eigenvalue weighted by atomic mass is 10.00. The van der Waals surface area contributed by atoms with Gasteiger partial charge < -0.3 is 10.1 Å². The number of rotatable bonds is 6. The van der Waals surface area contributed by atoms with Crippen LogP contribution in [0.4, 0.5) is 0 Å². The van der Waals surface area contributed by atoms with Gasteiger partial charge in [0.25, 0.3) is 0 Å². The van der Waals surface area contributed by atoms with Gasteiger partial charge in [0.2, 0.25) is 0 Å². The number of aliphatic carboxylic acids is 1. The fourth-order valence-electron chi connectivity index (χ4n) is 3.39. The van der Waals surface area contributed by atoms with E-state index in [0.717, 1.165) is 22.5 Å². The van der Waals surface area contributed by atoms with E-state index in [0.29, 0.717) is 21.4 Å². The van der Waals surface area contributed by atoms with Crippen LogP contribution in [-0.4, -0.2) is 30.2 Å². The highest BCUT2D eigenvalue weighted by molar-refractivity contribution is 7.93. The molecule has 0 unspecified atom stereocenters. The molecule has 5 nitrogen and oxygen atoms in total. The van der Waals surface area contributed by atoms with Crippen molar-refractivity contribution in [3.63, 3.8) is 0 Å². The van der Waals surface area contributed by atoms with Crippen LogP contribution in [0.2, 0.25) is 0 Å². The second kappa shape index (κ2) is 9.26. The maximum absolute atomic E-state index is 13.1. The summed E-state index contributed by atoms with van der Waals surface area (Å²) in [5.41, 5.74) is 3.02. The molecule has 2 N–H and O–H groups in total. The summed E-state index contributed by atoms with van der Waals surface area (Å²) in [6.07, 6.45) is -0.285. The van der Waals surface area contributed by atoms with Gasteiger partial charge >= 0.3 is 5.97 Å². The van der Waals surface area contributed by atoms with E-state index in [1.807, 2.05) is 31.2 Å². The topological polar surface area (TPSA) is 87.2 Å². The van der Waals surface area contributed by atoms with E-state index in [2.05, 4.69) is 16.8 Å². The highest BCUT2D eigenvalue weighted by Crippen LogP contribution is 2.27. The van der Waals surface area contributed by atoms with Gasteiger partial charge in [-0.3, -0.25) is 4.79 Å². The highest BCUT2D eigenvalue weighted by Gasteiger charge is 2.28. The van der Waals surface area contributed by atoms with Crippen LogP contribution in [0.15, 0.2) is 64.9 Å². The van der Waals surface area contributed by atoms with Gasteiger partial charge in [0.05, 0.1) is 20.7 Å². The third-order valence-corrected chi connectivity index (χ3v) is 8.57. The number of carboxylic acids is 1. The van der Waals surface area contributed by atoms with E-state index in [-0.39, 0.29) is 34.4 Å². The van der Waals surface area contributed by atoms with Crippen molar-refractivity contribution in [3.05, 3.63) is 87.9 Å². The zero-order valence-corrected chi connectivity index (χ0v) is 19.7. The zero-order chi connectivity index (χ0) is 26.2. The van der Waals surface area contributed by atoms with Crippen LogP contribution >= 0.6 is 11.3 Å². The number of aromatic amines is 1. The molecule has 0 aliphatic heterocycles. The Kier molecular flexibility index (Phi) is 5.38. The molecule has 0 aliphatic carbocycles. The molecule has 2 aromatic heterocycles. The van der Waals surface area contributed by atoms with Crippen LogP contribution in [0.5, 0.6) is 0 Å². The summed E-state index contributed by atoms with van der Waals surface area (Å²) >= 11 is 0.992. The summed E-state index contributed by atoms with van der Waals surface area (Å²) in [5.74, 6) is 2.73. The molecule has 168 valence electrons. The number of benzene rings is 2. The first kappa shape index (κ1) is 19.2. The van der Waals surface area contributed by atoms with Crippen molar-refractivity contribution in [1.29, 1.82) is 0 Å². The van der Waals surface area contributed by atoms with Gasteiger partial charge in [-0.2, -0.15) is 0 Å². The number of thiophene rings is 1. The average molecular weight is 481 g/mol. The minimum atomic E-state index is -3.93. The Balaban J connectivity index is 1.59. The van der Waals surface area contributed by atoms with Crippen molar-refractivity contribution >= 4 is 38.0 Å². The number of aromatic nitrogens is 1. The molecule has 2 heterocycles. The molecule has 0 saturated carbocycles. The maximum Gasteiger partial charge on any atom is 0.307 e. The lowest BCUT2D eigenvalue weighted by Crippen LogP contribution is -2.25. The molecule has 0 fully saturated rings. The number of sulfone groups is 1. The molecule has 0 spiro atoms. The molecule has 0 bridgehead atoms. The molecular weight excluding hydrogens is 454 g/mol. The zero-order valence-electron chi connectivity index (χ0n) is 21.0. The third kappa shape index (κ3) is 5.36. The predicted molar refractivity (Wildman–Crippen MR) is 131 cm³/mol. The van der Waals surface area contributed by atoms with Crippen LogP contribution in [-0.2, 0) is 21.1 Å². The highest BCUT2D eigenvalue weighted by atomic mass is 32.2. The SMILES string of the molecule is [2H]c1[nH]c2c([2H])c([2H])c(C)cc2c1C[C@@H](CS(=O)(=O)c1ccc(C#Cc2ccc(C)cc2)s1)C(=O)O. The van der Waals surface area contributed by atoms with E-state index in [9.17, 15) is 18.3 Å². The minimum Gasteiger partial charge on any atom is -0.481 e. The standard InChI is InChI=1S/C26H23NO4S2/c1-17-3-6-19(7-4-17)8-9-22-10-12-25(32-22)33(30,31)16-21(26(28)29)14-20-15-27-24-11-5-18(2)13-23(20)24/h3-7,10-13,15,21,27H,14,16H2,1-2H3,(H,28,29)/t21-/m0/s1/i5D,11D,15D. The van der Waals surface area contributed by atoms with Crippen molar-refractivity contribution < 1.29 is 22.4 Å². The summed E-state index contributed by atoms with van der Waals surface area (Å²) < 4.78 is 50.6. The van der Waals surface area contributed by atoms with Crippen LogP contribution in [0, 0.1) is 31.6 Å². The summed E-state index contributed by atoms with van der Waals surface area (Å²) in [7, 11) is -3.93. The van der Waals surface area contributed by atoms with Crippen LogP contribution < -0.4 is 0 Å². The van der Waals surface area contributed by atoms with E-state index >= 15 is 0 Å². The molecule has 2 aromatic carbocycles. The lowest BCUT2D eigenvalue weighted by molar-refractivity contribution is -0.140. The monoisotopic (exact) mass is 480 g/mol. The Morgan fingerprint density at radius 3 is 2.61 bits per heavy atom. The third-order valence-electron chi connectivity index (χ3n) is 5.17. The van der Waals surface area contributed by atoms with Gasteiger partial charge in [-0.15, -0.1) is 11.3 Å². The second-order valence-electron chi connectivity index (χ2n) is 7.85. The average Bonchev–Trinajstić information content (AvgIpc) is 3.42. The van der Waals surface area contributed by atoms with Crippen molar-refractivity contribution in [2.24, 2.45) is 5.92 Å². The van der Waals surface area contributed by atoms with Crippen LogP contribution in [0.3, 0.4) is 0 Å². The first-order valence-corrected chi connectivity index (χ1v) is 12.6. The Bertz CT molecular complexity index is 1640. The van der Waals surface area contributed by atoms with Gasteiger partial charge in [-0.05, 0) is 62.2 Å². The fraction of sp³-hybridized carbons (Fsp3) is 0.192. The molecule has 4 rings (SSSR count). The molecule has 0 radical (unpaired) electrons. The first-order chi connectivity index (χ1) is 17.0. The number of carboxylic acid groups (broad SMARTS) is 1. The number of fused-ring (bicyclic) bond motifs is 1. The van der Waals surface area contributed by atoms with Crippen LogP contribution in [0.1, 0.15) is 31.2 Å². The van der Waals surface area contributed by atoms with Gasteiger partial charge in [-0.25, -0.2) is 8.42 Å². The normalized spacial score (nSPS) is 13.6. The molecule has 4 aromatic rings. The Morgan fingerprint density at radius 2 is 1.88 bits per heavy atom. The Labute approximate surface area is 201 Å². The van der Waals surface area contributed by atoms with Crippen LogP contribution in [0.25, 0.3) is 10.9 Å². The number of carbonyl (C=O) groups is 1. The van der Waals surface area contributed by atoms with Gasteiger partial charge in [0.1, 0.15) is 4.21 Å². The maximum atomic E-state index is 13.1. The van der Waals surface area contributed by atoms with Crippen molar-refractivity contribution in [3.8, 4) is 11.8 Å². The molecule has 1 atom stereocenters. The first-order valence-electron chi connectivity index (χ1n) is 11.7. The fourth-order valence-corrected chi connectivity index (χ4v) is 6.19. The molecule has 0 aliphatic rings. The summed E-state index contributed by atoms with van der Waals surface area (Å²) in [6.45, 7) is 3.64. The Hall–Kier alpha value is -3.34. The van der Waals surface area contributed by atoms with E-state index < -0.39 is 27.5 Å². The minimum absolute atomic E-state index is 0.0200. The molecule has 0 saturated heterocycles. The van der Waals surface area contributed by atoms with Crippen molar-refractivity contribution in [2.45, 2.75) is 24.5 Å². The number of aryl methyl sites for hydroxylation is 2. The van der Waals surface area contributed by atoms with E-state index in [1.165, 1.54) is 6.07 Å². The molecule has 0 amide bonds. The quantitative estimate of drug-likeness (QED) is 0.382. The largest absolute Gasteiger partial charge is 0.481 e. The molecular formula is C26H23NO4S2. The summed E-state index contributed by atoms with van der Waals surface area (Å²) in [6, 6.07) is 12.2. The second-order valence-corrected chi connectivity index (χ2v) is 11.2. The smallest absolute Gasteiger partial charge is 0.307 e. The molecule has 7 heteroatoms. The van der Waals surface area contributed by atoms with Gasteiger partial charge in [-0.1, -0.05) is 41.1 Å². The number of hydrogen-bond acceptors (Lipinski definition) is 4. The van der Waals surface area contributed by atoms with Gasteiger partial charge in [0, 0.05) is 22.6 Å². The Morgan fingerprint density at radius 1 is 1.12 bits per heavy atom. The van der Waals surface area contributed by atoms with E-state index in [4.69, 9.17) is 4.11 Å². The predicted octanol–water partition coefficient (Wildman–Crippen LogP) is 4.96.